The van der Waals surface area contributed by atoms with Crippen LogP contribution in [0.4, 0.5) is 0 Å². The van der Waals surface area contributed by atoms with Gasteiger partial charge in [-0.25, -0.2) is 4.79 Å². The minimum absolute atomic E-state index is 0.0673. The number of nitrogens with two attached hydrogens (primary N) is 5. The first-order chi connectivity index (χ1) is 19.9. The number of nitrogens with zero attached hydrogens (tertiary/aromatic N) is 2. The van der Waals surface area contributed by atoms with E-state index in [9.17, 15) is 24.3 Å². The number of nitrogens with one attached hydrogen (secondary N) is 4. The van der Waals surface area contributed by atoms with E-state index in [2.05, 4.69) is 30.9 Å². The van der Waals surface area contributed by atoms with Gasteiger partial charge in [0.25, 0.3) is 0 Å². The molecule has 15 N–H and O–H groups in total. The molecule has 16 nitrogen and oxygen atoms in total. The van der Waals surface area contributed by atoms with E-state index in [1.807, 2.05) is 24.3 Å². The van der Waals surface area contributed by atoms with E-state index >= 15 is 0 Å². The van der Waals surface area contributed by atoms with Gasteiger partial charge in [0, 0.05) is 36.6 Å². The third-order valence-electron chi connectivity index (χ3n) is 6.35. The van der Waals surface area contributed by atoms with Gasteiger partial charge in [-0.05, 0) is 44.2 Å². The van der Waals surface area contributed by atoms with Crippen LogP contribution < -0.4 is 44.6 Å². The molecule has 0 saturated carbocycles. The fourth-order valence-electron chi connectivity index (χ4n) is 4.10. The molecule has 0 spiro atoms. The number of aliphatic carboxylic acids is 1. The smallest absolute Gasteiger partial charge is 0.326 e. The molecule has 0 aliphatic carbocycles. The lowest BCUT2D eigenvalue weighted by molar-refractivity contribution is -0.142. The average molecular weight is 588 g/mol. The number of aromatic amines is 1. The molecule has 1 aromatic heterocycles. The van der Waals surface area contributed by atoms with E-state index in [-0.39, 0.29) is 37.7 Å². The van der Waals surface area contributed by atoms with Gasteiger partial charge in [0.05, 0.1) is 6.04 Å². The van der Waals surface area contributed by atoms with E-state index in [0.29, 0.717) is 19.4 Å². The number of hydrogen-bond acceptors (Lipinski definition) is 7. The highest BCUT2D eigenvalue weighted by atomic mass is 16.4. The molecule has 0 aliphatic rings. The molecule has 3 amide bonds. The van der Waals surface area contributed by atoms with Crippen molar-refractivity contribution < 1.29 is 24.3 Å². The molecule has 42 heavy (non-hydrogen) atoms. The predicted molar refractivity (Wildman–Crippen MR) is 159 cm³/mol. The molecule has 0 saturated heterocycles. The van der Waals surface area contributed by atoms with E-state index in [0.717, 1.165) is 16.5 Å². The second kappa shape index (κ2) is 16.4. The minimum Gasteiger partial charge on any atom is -0.480 e. The summed E-state index contributed by atoms with van der Waals surface area (Å²) in [4.78, 5) is 61.5. The van der Waals surface area contributed by atoms with Gasteiger partial charge in [-0.1, -0.05) is 18.2 Å². The van der Waals surface area contributed by atoms with Crippen molar-refractivity contribution in [2.45, 2.75) is 63.2 Å². The second-order valence-corrected chi connectivity index (χ2v) is 9.76. The van der Waals surface area contributed by atoms with Crippen molar-refractivity contribution in [1.82, 2.24) is 20.9 Å². The zero-order valence-corrected chi connectivity index (χ0v) is 23.5. The SMILES string of the molecule is CC(NC(=O)C(Cc1c[nH]c2ccccc12)NC(=O)C(N)CCCN=C(N)N)C(=O)NC(CCCN=C(N)N)C(=O)O. The van der Waals surface area contributed by atoms with E-state index in [1.54, 1.807) is 6.20 Å². The Balaban J connectivity index is 2.11. The number of carboxylic acids is 1. The van der Waals surface area contributed by atoms with Crippen molar-refractivity contribution in [3.63, 3.8) is 0 Å². The molecule has 1 heterocycles. The quantitative estimate of drug-likeness (QED) is 0.0536. The molecular weight excluding hydrogens is 546 g/mol. The summed E-state index contributed by atoms with van der Waals surface area (Å²) in [5.41, 5.74) is 28.8. The van der Waals surface area contributed by atoms with Crippen LogP contribution in [0.25, 0.3) is 10.9 Å². The van der Waals surface area contributed by atoms with Crippen LogP contribution in [0, 0.1) is 0 Å². The number of carbonyl (C=O) groups is 4. The van der Waals surface area contributed by atoms with Crippen LogP contribution >= 0.6 is 0 Å². The van der Waals surface area contributed by atoms with Crippen LogP contribution in [0.5, 0.6) is 0 Å². The van der Waals surface area contributed by atoms with Crippen LogP contribution in [0.2, 0.25) is 0 Å². The highest BCUT2D eigenvalue weighted by Crippen LogP contribution is 2.19. The first kappa shape index (κ1) is 33.3. The Kier molecular flexibility index (Phi) is 13.0. The summed E-state index contributed by atoms with van der Waals surface area (Å²) in [5, 5.41) is 18.0. The molecule has 0 bridgehead atoms. The molecule has 1 aromatic carbocycles. The molecule has 2 aromatic rings. The molecule has 4 atom stereocenters. The van der Waals surface area contributed by atoms with Gasteiger partial charge in [0.2, 0.25) is 17.7 Å². The third kappa shape index (κ3) is 11.0. The maximum Gasteiger partial charge on any atom is 0.326 e. The second-order valence-electron chi connectivity index (χ2n) is 9.76. The van der Waals surface area contributed by atoms with Crippen molar-refractivity contribution in [1.29, 1.82) is 0 Å². The summed E-state index contributed by atoms with van der Waals surface area (Å²) in [6.07, 6.45) is 2.92. The number of H-pyrrole nitrogens is 1. The zero-order valence-electron chi connectivity index (χ0n) is 23.5. The molecule has 230 valence electrons. The fraction of sp³-hybridized carbons (Fsp3) is 0.462. The van der Waals surface area contributed by atoms with Gasteiger partial charge < -0.3 is 54.7 Å². The van der Waals surface area contributed by atoms with E-state index in [1.165, 1.54) is 6.92 Å². The summed E-state index contributed by atoms with van der Waals surface area (Å²) in [6.45, 7) is 1.90. The third-order valence-corrected chi connectivity index (χ3v) is 6.35. The minimum atomic E-state index is -1.25. The van der Waals surface area contributed by atoms with Crippen LogP contribution in [-0.2, 0) is 25.6 Å². The number of benzene rings is 1. The molecule has 0 radical (unpaired) electrons. The Labute approximate surface area is 242 Å². The zero-order chi connectivity index (χ0) is 31.2. The van der Waals surface area contributed by atoms with Gasteiger partial charge in [0.15, 0.2) is 11.9 Å². The average Bonchev–Trinajstić information content (AvgIpc) is 3.34. The van der Waals surface area contributed by atoms with Crippen LogP contribution in [0.1, 0.15) is 38.2 Å². The van der Waals surface area contributed by atoms with Crippen LogP contribution in [0.3, 0.4) is 0 Å². The standard InChI is InChI=1S/C26H41N11O5/c1-14(21(38)36-19(24(41)42)9-5-11-33-26(30)31)35-23(40)20(12-15-13-34-18-8-3-2-6-16(15)18)37-22(39)17(27)7-4-10-32-25(28)29/h2-3,6,8,13-14,17,19-20,34H,4-5,7,9-12,27H2,1H3,(H,35,40)(H,36,38)(H,37,39)(H,41,42)(H4,28,29,32)(H4,30,31,33). The van der Waals surface area contributed by atoms with Crippen molar-refractivity contribution >= 4 is 46.5 Å². The topological polar surface area (TPSA) is 295 Å². The normalized spacial score (nSPS) is 13.7. The number of aliphatic imine (C=N–C) groups is 2. The van der Waals surface area contributed by atoms with E-state index in [4.69, 9.17) is 28.7 Å². The van der Waals surface area contributed by atoms with Crippen molar-refractivity contribution in [2.75, 3.05) is 13.1 Å². The Morgan fingerprint density at radius 3 is 2.07 bits per heavy atom. The number of rotatable bonds is 17. The fourth-order valence-corrected chi connectivity index (χ4v) is 4.10. The number of amides is 3. The summed E-state index contributed by atoms with van der Waals surface area (Å²) in [6, 6.07) is 3.10. The number of guanidine groups is 2. The van der Waals surface area contributed by atoms with Gasteiger partial charge in [-0.3, -0.25) is 24.4 Å². The maximum atomic E-state index is 13.4. The number of para-hydroxylation sites is 1. The number of carbonyl (C=O) groups excluding carboxylic acids is 3. The van der Waals surface area contributed by atoms with E-state index < -0.39 is 47.9 Å². The summed E-state index contributed by atoms with van der Waals surface area (Å²) in [7, 11) is 0. The van der Waals surface area contributed by atoms with Crippen molar-refractivity contribution in [3.05, 3.63) is 36.0 Å². The monoisotopic (exact) mass is 587 g/mol. The highest BCUT2D eigenvalue weighted by molar-refractivity contribution is 5.94. The molecule has 0 fully saturated rings. The van der Waals surface area contributed by atoms with Crippen molar-refractivity contribution in [2.24, 2.45) is 38.7 Å². The highest BCUT2D eigenvalue weighted by Gasteiger charge is 2.29. The van der Waals surface area contributed by atoms with Crippen molar-refractivity contribution in [3.8, 4) is 0 Å². The van der Waals surface area contributed by atoms with Crippen LogP contribution in [-0.4, -0.2) is 83.0 Å². The summed E-state index contributed by atoms with van der Waals surface area (Å²) < 4.78 is 0. The van der Waals surface area contributed by atoms with Gasteiger partial charge >= 0.3 is 5.97 Å². The summed E-state index contributed by atoms with van der Waals surface area (Å²) in [5.74, 6) is -3.37. The Morgan fingerprint density at radius 1 is 0.857 bits per heavy atom. The van der Waals surface area contributed by atoms with Gasteiger partial charge in [-0.15, -0.1) is 0 Å². The molecule has 0 aliphatic heterocycles. The van der Waals surface area contributed by atoms with Crippen LogP contribution in [0.15, 0.2) is 40.4 Å². The Hall–Kier alpha value is -4.86. The lowest BCUT2D eigenvalue weighted by Gasteiger charge is -2.23. The predicted octanol–water partition coefficient (Wildman–Crippen LogP) is -2.30. The number of aromatic nitrogens is 1. The molecular formula is C26H41N11O5. The lowest BCUT2D eigenvalue weighted by Crippen LogP contribution is -2.56. The number of hydrogen-bond donors (Lipinski definition) is 10. The number of fused-ring (bicyclic) bond motifs is 1. The first-order valence-corrected chi connectivity index (χ1v) is 13.4. The lowest BCUT2D eigenvalue weighted by atomic mass is 10.0. The van der Waals surface area contributed by atoms with Gasteiger partial charge in [0.1, 0.15) is 18.1 Å². The molecule has 16 heteroatoms. The Morgan fingerprint density at radius 2 is 1.45 bits per heavy atom. The Bertz CT molecular complexity index is 1280. The first-order valence-electron chi connectivity index (χ1n) is 13.4. The number of carboxylic acid groups (broad SMARTS) is 1. The largest absolute Gasteiger partial charge is 0.480 e. The van der Waals surface area contributed by atoms with Gasteiger partial charge in [-0.2, -0.15) is 0 Å². The maximum absolute atomic E-state index is 13.4. The summed E-state index contributed by atoms with van der Waals surface area (Å²) >= 11 is 0. The molecule has 2 rings (SSSR count). The molecule has 4 unspecified atom stereocenters.